The third-order valence-corrected chi connectivity index (χ3v) is 5.75. The van der Waals surface area contributed by atoms with Crippen molar-refractivity contribution in [2.24, 2.45) is 5.41 Å². The van der Waals surface area contributed by atoms with Crippen molar-refractivity contribution in [1.82, 2.24) is 19.6 Å². The monoisotopic (exact) mass is 360 g/mol. The molecule has 2 saturated heterocycles. The van der Waals surface area contributed by atoms with Crippen LogP contribution in [0.4, 0.5) is 0 Å². The van der Waals surface area contributed by atoms with E-state index in [9.17, 15) is 14.4 Å². The summed E-state index contributed by atoms with van der Waals surface area (Å²) in [6, 6.07) is 1.51. The number of carbonyl (C=O) groups is 2. The van der Waals surface area contributed by atoms with Crippen molar-refractivity contribution in [3.8, 4) is 0 Å². The van der Waals surface area contributed by atoms with Crippen LogP contribution in [-0.2, 0) is 16.1 Å². The fraction of sp³-hybridized carbons (Fsp3) is 0.684. The van der Waals surface area contributed by atoms with Gasteiger partial charge < -0.3 is 9.80 Å². The molecule has 2 aliphatic rings. The number of hydrogen-bond acceptors (Lipinski definition) is 4. The first-order chi connectivity index (χ1) is 12.4. The fourth-order valence-corrected chi connectivity index (χ4v) is 4.11. The molecule has 0 N–H and O–H groups in total. The van der Waals surface area contributed by atoms with E-state index >= 15 is 0 Å². The van der Waals surface area contributed by atoms with Gasteiger partial charge in [-0.25, -0.2) is 4.68 Å². The van der Waals surface area contributed by atoms with Gasteiger partial charge in [-0.05, 0) is 45.1 Å². The van der Waals surface area contributed by atoms with Crippen LogP contribution in [0.3, 0.4) is 0 Å². The quantitative estimate of drug-likeness (QED) is 0.806. The van der Waals surface area contributed by atoms with E-state index < -0.39 is 5.41 Å². The zero-order valence-electron chi connectivity index (χ0n) is 16.0. The SMILES string of the molecule is CCCN1CCCC2(CCN(C(=O)Cn3nc(C)c(C)cc3=O)C2)C1=O. The Morgan fingerprint density at radius 1 is 1.23 bits per heavy atom. The van der Waals surface area contributed by atoms with Gasteiger partial charge in [-0.15, -0.1) is 0 Å². The maximum atomic E-state index is 12.9. The third kappa shape index (κ3) is 3.39. The van der Waals surface area contributed by atoms with E-state index in [4.69, 9.17) is 0 Å². The summed E-state index contributed by atoms with van der Waals surface area (Å²) in [6.07, 6.45) is 3.50. The van der Waals surface area contributed by atoms with Crippen LogP contribution in [0.5, 0.6) is 0 Å². The van der Waals surface area contributed by atoms with Gasteiger partial charge in [0.1, 0.15) is 6.54 Å². The number of likely N-dealkylation sites (tertiary alicyclic amines) is 2. The van der Waals surface area contributed by atoms with E-state index in [1.165, 1.54) is 10.7 Å². The fourth-order valence-electron chi connectivity index (χ4n) is 4.11. The topological polar surface area (TPSA) is 75.5 Å². The Kier molecular flexibility index (Phi) is 5.16. The van der Waals surface area contributed by atoms with Gasteiger partial charge in [0.15, 0.2) is 0 Å². The van der Waals surface area contributed by atoms with Gasteiger partial charge in [0.05, 0.1) is 11.1 Å². The van der Waals surface area contributed by atoms with Gasteiger partial charge in [-0.1, -0.05) is 6.92 Å². The Labute approximate surface area is 154 Å². The number of piperidine rings is 1. The molecule has 3 rings (SSSR count). The predicted octanol–water partition coefficient (Wildman–Crippen LogP) is 1.11. The molecule has 1 unspecified atom stereocenters. The molecule has 1 aromatic rings. The van der Waals surface area contributed by atoms with Crippen LogP contribution in [0.1, 0.15) is 43.9 Å². The summed E-state index contributed by atoms with van der Waals surface area (Å²) in [5.41, 5.74) is 0.874. The Morgan fingerprint density at radius 2 is 2.00 bits per heavy atom. The molecule has 2 amide bonds. The van der Waals surface area contributed by atoms with Crippen molar-refractivity contribution in [1.29, 1.82) is 0 Å². The molecule has 0 bridgehead atoms. The summed E-state index contributed by atoms with van der Waals surface area (Å²) in [4.78, 5) is 41.4. The number of aromatic nitrogens is 2. The first-order valence-corrected chi connectivity index (χ1v) is 9.49. The lowest BCUT2D eigenvalue weighted by Crippen LogP contribution is -2.50. The number of amides is 2. The zero-order chi connectivity index (χ0) is 18.9. The molecule has 142 valence electrons. The molecule has 26 heavy (non-hydrogen) atoms. The van der Waals surface area contributed by atoms with Crippen molar-refractivity contribution in [3.63, 3.8) is 0 Å². The maximum Gasteiger partial charge on any atom is 0.267 e. The molecule has 0 aromatic carbocycles. The van der Waals surface area contributed by atoms with Gasteiger partial charge in [-0.2, -0.15) is 5.10 Å². The molecule has 1 atom stereocenters. The van der Waals surface area contributed by atoms with Crippen molar-refractivity contribution in [2.45, 2.75) is 53.0 Å². The maximum absolute atomic E-state index is 12.9. The van der Waals surface area contributed by atoms with Crippen molar-refractivity contribution in [3.05, 3.63) is 27.7 Å². The standard InChI is InChI=1S/C19H28N4O3/c1-4-8-21-9-5-6-19(18(21)26)7-10-22(13-19)17(25)12-23-16(24)11-14(2)15(3)20-23/h11H,4-10,12-13H2,1-3H3. The van der Waals surface area contributed by atoms with Gasteiger partial charge in [0.2, 0.25) is 11.8 Å². The highest BCUT2D eigenvalue weighted by Gasteiger charge is 2.49. The second-order valence-corrected chi connectivity index (χ2v) is 7.65. The minimum atomic E-state index is -0.426. The highest BCUT2D eigenvalue weighted by atomic mass is 16.2. The summed E-state index contributed by atoms with van der Waals surface area (Å²) >= 11 is 0. The van der Waals surface area contributed by atoms with Crippen molar-refractivity contribution < 1.29 is 9.59 Å². The Morgan fingerprint density at radius 3 is 2.73 bits per heavy atom. The summed E-state index contributed by atoms with van der Waals surface area (Å²) in [5, 5.41) is 4.22. The van der Waals surface area contributed by atoms with Gasteiger partial charge in [0, 0.05) is 32.2 Å². The van der Waals surface area contributed by atoms with Crippen LogP contribution < -0.4 is 5.56 Å². The van der Waals surface area contributed by atoms with Crippen LogP contribution in [0.2, 0.25) is 0 Å². The predicted molar refractivity (Wildman–Crippen MR) is 97.7 cm³/mol. The number of hydrogen-bond donors (Lipinski definition) is 0. The molecule has 0 saturated carbocycles. The average Bonchev–Trinajstić information content (AvgIpc) is 3.02. The van der Waals surface area contributed by atoms with Crippen LogP contribution in [0.25, 0.3) is 0 Å². The van der Waals surface area contributed by atoms with E-state index in [-0.39, 0.29) is 23.9 Å². The summed E-state index contributed by atoms with van der Waals surface area (Å²) < 4.78 is 1.22. The number of nitrogens with zero attached hydrogens (tertiary/aromatic N) is 4. The molecule has 0 aliphatic carbocycles. The van der Waals surface area contributed by atoms with Crippen LogP contribution in [-0.4, -0.2) is 57.6 Å². The first kappa shape index (κ1) is 18.6. The second-order valence-electron chi connectivity index (χ2n) is 7.65. The Balaban J connectivity index is 1.70. The molecule has 0 radical (unpaired) electrons. The number of aryl methyl sites for hydroxylation is 2. The van der Waals surface area contributed by atoms with E-state index in [1.807, 2.05) is 18.7 Å². The Hall–Kier alpha value is -2.18. The lowest BCUT2D eigenvalue weighted by atomic mass is 9.78. The lowest BCUT2D eigenvalue weighted by molar-refractivity contribution is -0.146. The Bertz CT molecular complexity index is 771. The second kappa shape index (κ2) is 7.21. The van der Waals surface area contributed by atoms with Crippen LogP contribution >= 0.6 is 0 Å². The van der Waals surface area contributed by atoms with Crippen LogP contribution in [0, 0.1) is 19.3 Å². The van der Waals surface area contributed by atoms with Crippen LogP contribution in [0.15, 0.2) is 10.9 Å². The molecule has 1 spiro atoms. The number of carbonyl (C=O) groups excluding carboxylic acids is 2. The summed E-state index contributed by atoms with van der Waals surface area (Å²) in [7, 11) is 0. The minimum Gasteiger partial charge on any atom is -0.342 e. The molecule has 1 aromatic heterocycles. The van der Waals surface area contributed by atoms with Crippen molar-refractivity contribution >= 4 is 11.8 Å². The van der Waals surface area contributed by atoms with Crippen molar-refractivity contribution in [2.75, 3.05) is 26.2 Å². The highest BCUT2D eigenvalue weighted by Crippen LogP contribution is 2.40. The molecule has 3 heterocycles. The van der Waals surface area contributed by atoms with E-state index in [0.29, 0.717) is 19.5 Å². The van der Waals surface area contributed by atoms with E-state index in [0.717, 1.165) is 43.6 Å². The molecule has 7 nitrogen and oxygen atoms in total. The molecule has 2 fully saturated rings. The van der Waals surface area contributed by atoms with Gasteiger partial charge in [-0.3, -0.25) is 14.4 Å². The summed E-state index contributed by atoms with van der Waals surface area (Å²) in [6.45, 7) is 8.31. The average molecular weight is 360 g/mol. The third-order valence-electron chi connectivity index (χ3n) is 5.75. The smallest absolute Gasteiger partial charge is 0.267 e. The van der Waals surface area contributed by atoms with E-state index in [1.54, 1.807) is 4.90 Å². The summed E-state index contributed by atoms with van der Waals surface area (Å²) in [5.74, 6) is 0.0579. The minimum absolute atomic E-state index is 0.0666. The molecular formula is C19H28N4O3. The van der Waals surface area contributed by atoms with Gasteiger partial charge >= 0.3 is 0 Å². The highest BCUT2D eigenvalue weighted by molar-refractivity contribution is 5.86. The van der Waals surface area contributed by atoms with E-state index in [2.05, 4.69) is 12.0 Å². The molecule has 2 aliphatic heterocycles. The lowest BCUT2D eigenvalue weighted by Gasteiger charge is -2.39. The largest absolute Gasteiger partial charge is 0.342 e. The number of rotatable bonds is 4. The zero-order valence-corrected chi connectivity index (χ0v) is 16.0. The normalized spacial score (nSPS) is 23.1. The first-order valence-electron chi connectivity index (χ1n) is 9.49. The van der Waals surface area contributed by atoms with Gasteiger partial charge in [0.25, 0.3) is 5.56 Å². The molecular weight excluding hydrogens is 332 g/mol. The molecule has 7 heteroatoms.